The zero-order valence-corrected chi connectivity index (χ0v) is 16.2. The predicted octanol–water partition coefficient (Wildman–Crippen LogP) is 0.113. The van der Waals surface area contributed by atoms with Crippen LogP contribution in [0.3, 0.4) is 0 Å². The molecule has 152 valence electrons. The van der Waals surface area contributed by atoms with Crippen molar-refractivity contribution in [1.82, 2.24) is 10.6 Å². The third kappa shape index (κ3) is 5.96. The Morgan fingerprint density at radius 3 is 2.71 bits per heavy atom. The fourth-order valence-corrected chi connectivity index (χ4v) is 2.82. The molecule has 2 rings (SSSR count). The monoisotopic (exact) mass is 391 g/mol. The van der Waals surface area contributed by atoms with Gasteiger partial charge in [-0.15, -0.1) is 0 Å². The Hall–Kier alpha value is -2.59. The second-order valence-corrected chi connectivity index (χ2v) is 7.00. The molecule has 0 bridgehead atoms. The van der Waals surface area contributed by atoms with Crippen LogP contribution in [0.1, 0.15) is 37.0 Å². The van der Waals surface area contributed by atoms with Gasteiger partial charge in [-0.1, -0.05) is 31.1 Å². The van der Waals surface area contributed by atoms with Crippen LogP contribution in [-0.4, -0.2) is 60.4 Å². The van der Waals surface area contributed by atoms with Crippen LogP contribution in [-0.2, 0) is 9.63 Å². The Morgan fingerprint density at radius 1 is 1.36 bits per heavy atom. The number of ether oxygens (including phenoxy) is 1. The van der Waals surface area contributed by atoms with Gasteiger partial charge >= 0.3 is 7.12 Å². The number of benzene rings is 1. The lowest BCUT2D eigenvalue weighted by Gasteiger charge is -2.20. The minimum atomic E-state index is -1.66. The highest BCUT2D eigenvalue weighted by Gasteiger charge is 2.33. The number of rotatable bonds is 9. The molecule has 0 aromatic heterocycles. The minimum Gasteiger partial charge on any atom is -0.496 e. The molecule has 10 heteroatoms. The van der Waals surface area contributed by atoms with Crippen molar-refractivity contribution < 1.29 is 29.2 Å². The second kappa shape index (κ2) is 10.1. The summed E-state index contributed by atoms with van der Waals surface area (Å²) in [5.41, 5.74) is 0.903. The van der Waals surface area contributed by atoms with Crippen molar-refractivity contribution >= 4 is 24.6 Å². The first-order valence-electron chi connectivity index (χ1n) is 9.11. The third-order valence-electron chi connectivity index (χ3n) is 4.24. The zero-order valence-electron chi connectivity index (χ0n) is 16.2. The van der Waals surface area contributed by atoms with E-state index in [0.717, 1.165) is 0 Å². The maximum atomic E-state index is 12.3. The van der Waals surface area contributed by atoms with E-state index in [2.05, 4.69) is 15.8 Å². The molecule has 1 aromatic rings. The molecule has 2 unspecified atom stereocenters. The Labute approximate surface area is 164 Å². The van der Waals surface area contributed by atoms with Gasteiger partial charge in [-0.05, 0) is 24.5 Å². The summed E-state index contributed by atoms with van der Waals surface area (Å²) >= 11 is 0. The van der Waals surface area contributed by atoms with Gasteiger partial charge < -0.3 is 30.3 Å². The highest BCUT2D eigenvalue weighted by molar-refractivity contribution is 6.43. The topological polar surface area (TPSA) is 129 Å². The molecule has 9 nitrogen and oxygen atoms in total. The van der Waals surface area contributed by atoms with Crippen molar-refractivity contribution in [3.63, 3.8) is 0 Å². The number of amides is 2. The number of nitrogens with zero attached hydrogens (tertiary/aromatic N) is 1. The van der Waals surface area contributed by atoms with Gasteiger partial charge in [-0.2, -0.15) is 0 Å². The lowest BCUT2D eigenvalue weighted by molar-refractivity contribution is -0.131. The van der Waals surface area contributed by atoms with Gasteiger partial charge in [0.25, 0.3) is 11.8 Å². The van der Waals surface area contributed by atoms with E-state index in [1.807, 2.05) is 13.8 Å². The van der Waals surface area contributed by atoms with Crippen LogP contribution in [0.5, 0.6) is 5.75 Å². The van der Waals surface area contributed by atoms with Gasteiger partial charge in [0.05, 0.1) is 30.9 Å². The number of hydrogen-bond acceptors (Lipinski definition) is 7. The van der Waals surface area contributed by atoms with E-state index in [9.17, 15) is 19.6 Å². The summed E-state index contributed by atoms with van der Waals surface area (Å²) in [6.07, 6.45) is -0.251. The normalized spacial score (nSPS) is 16.8. The highest BCUT2D eigenvalue weighted by Crippen LogP contribution is 2.17. The number of oxime groups is 1. The Bertz CT molecular complexity index is 725. The molecule has 28 heavy (non-hydrogen) atoms. The Kier molecular flexibility index (Phi) is 7.83. The molecule has 1 aliphatic heterocycles. The standard InChI is InChI=1S/C18H26BN3O6/c1-11(2)8-16(19(25)26)21-18(24)15-9-12(22-28-15)10-20-17(23)13-6-4-5-7-14(13)27-3/h4-7,11,15-16,25-26H,8-10H2,1-3H3,(H,20,23)(H,21,24). The minimum absolute atomic E-state index is 0.124. The van der Waals surface area contributed by atoms with Gasteiger partial charge in [0.2, 0.25) is 6.10 Å². The Balaban J connectivity index is 1.84. The maximum Gasteiger partial charge on any atom is 0.475 e. The van der Waals surface area contributed by atoms with Gasteiger partial charge in [0.1, 0.15) is 5.75 Å². The molecule has 2 atom stereocenters. The van der Waals surface area contributed by atoms with E-state index in [0.29, 0.717) is 23.4 Å². The summed E-state index contributed by atoms with van der Waals surface area (Å²) in [6.45, 7) is 3.96. The summed E-state index contributed by atoms with van der Waals surface area (Å²) < 4.78 is 5.16. The molecule has 1 heterocycles. The van der Waals surface area contributed by atoms with Crippen molar-refractivity contribution in [3.05, 3.63) is 29.8 Å². The number of carbonyl (C=O) groups excluding carboxylic acids is 2. The lowest BCUT2D eigenvalue weighted by atomic mass is 9.75. The Morgan fingerprint density at radius 2 is 2.07 bits per heavy atom. The second-order valence-electron chi connectivity index (χ2n) is 7.00. The molecule has 0 fully saturated rings. The molecular formula is C18H26BN3O6. The molecule has 0 spiro atoms. The van der Waals surface area contributed by atoms with Crippen molar-refractivity contribution in [3.8, 4) is 5.75 Å². The average Bonchev–Trinajstić information content (AvgIpc) is 3.14. The van der Waals surface area contributed by atoms with Crippen molar-refractivity contribution in [2.45, 2.75) is 38.7 Å². The quantitative estimate of drug-likeness (QED) is 0.443. The van der Waals surface area contributed by atoms with Crippen LogP contribution in [0.25, 0.3) is 0 Å². The average molecular weight is 391 g/mol. The van der Waals surface area contributed by atoms with E-state index in [1.165, 1.54) is 7.11 Å². The van der Waals surface area contributed by atoms with Crippen LogP contribution in [0.15, 0.2) is 29.4 Å². The summed E-state index contributed by atoms with van der Waals surface area (Å²) in [5.74, 6) is -0.957. The van der Waals surface area contributed by atoms with E-state index in [1.54, 1.807) is 24.3 Å². The largest absolute Gasteiger partial charge is 0.496 e. The van der Waals surface area contributed by atoms with Crippen LogP contribution < -0.4 is 15.4 Å². The van der Waals surface area contributed by atoms with Crippen LogP contribution in [0.4, 0.5) is 0 Å². The van der Waals surface area contributed by atoms with Crippen molar-refractivity contribution in [1.29, 1.82) is 0 Å². The van der Waals surface area contributed by atoms with Crippen LogP contribution in [0, 0.1) is 5.92 Å². The molecule has 1 aliphatic rings. The molecule has 0 saturated carbocycles. The summed E-state index contributed by atoms with van der Waals surface area (Å²) in [6, 6.07) is 6.84. The summed E-state index contributed by atoms with van der Waals surface area (Å²) in [7, 11) is -0.173. The van der Waals surface area contributed by atoms with Gasteiger partial charge in [0, 0.05) is 6.42 Å². The molecule has 4 N–H and O–H groups in total. The highest BCUT2D eigenvalue weighted by atomic mass is 16.6. The fourth-order valence-electron chi connectivity index (χ4n) is 2.82. The van der Waals surface area contributed by atoms with Crippen molar-refractivity contribution in [2.75, 3.05) is 13.7 Å². The molecule has 0 saturated heterocycles. The van der Waals surface area contributed by atoms with Gasteiger partial charge in [-0.25, -0.2) is 0 Å². The molecule has 0 radical (unpaired) electrons. The molecule has 2 amide bonds. The molecule has 0 aliphatic carbocycles. The number of methoxy groups -OCH3 is 1. The maximum absolute atomic E-state index is 12.3. The zero-order chi connectivity index (χ0) is 20.7. The van der Waals surface area contributed by atoms with E-state index >= 15 is 0 Å². The predicted molar refractivity (Wildman–Crippen MR) is 104 cm³/mol. The van der Waals surface area contributed by atoms with E-state index < -0.39 is 25.1 Å². The molecule has 1 aromatic carbocycles. The van der Waals surface area contributed by atoms with Crippen LogP contribution >= 0.6 is 0 Å². The summed E-state index contributed by atoms with van der Waals surface area (Å²) in [4.78, 5) is 29.7. The van der Waals surface area contributed by atoms with Crippen molar-refractivity contribution in [2.24, 2.45) is 11.1 Å². The number of para-hydroxylation sites is 1. The first-order chi connectivity index (χ1) is 13.3. The van der Waals surface area contributed by atoms with E-state index in [-0.39, 0.29) is 24.8 Å². The first kappa shape index (κ1) is 21.7. The first-order valence-corrected chi connectivity index (χ1v) is 9.11. The van der Waals surface area contributed by atoms with Crippen LogP contribution in [0.2, 0.25) is 0 Å². The van der Waals surface area contributed by atoms with Gasteiger partial charge in [-0.3, -0.25) is 9.59 Å². The van der Waals surface area contributed by atoms with Gasteiger partial charge in [0.15, 0.2) is 0 Å². The number of carbonyl (C=O) groups is 2. The smallest absolute Gasteiger partial charge is 0.475 e. The number of nitrogens with one attached hydrogen (secondary N) is 2. The van der Waals surface area contributed by atoms with E-state index in [4.69, 9.17) is 9.57 Å². The summed E-state index contributed by atoms with van der Waals surface area (Å²) in [5, 5.41) is 28.0. The lowest BCUT2D eigenvalue weighted by Crippen LogP contribution is -2.50. The third-order valence-corrected chi connectivity index (χ3v) is 4.24. The SMILES string of the molecule is COc1ccccc1C(=O)NCC1=NOC(C(=O)NC(CC(C)C)B(O)O)C1. The number of hydrogen-bond donors (Lipinski definition) is 4. The fraction of sp³-hybridized carbons (Fsp3) is 0.500. The molecular weight excluding hydrogens is 365 g/mol.